The molecule has 0 bridgehead atoms. The molecule has 4 nitrogen and oxygen atoms in total. The number of carbonyl (C=O) groups is 1. The normalized spacial score (nSPS) is 23.6. The van der Waals surface area contributed by atoms with E-state index in [1.165, 1.54) is 0 Å². The molecule has 98 valence electrons. The summed E-state index contributed by atoms with van der Waals surface area (Å²) in [7, 11) is 0. The van der Waals surface area contributed by atoms with Crippen molar-refractivity contribution in [3.63, 3.8) is 0 Å². The number of benzene rings is 1. The van der Waals surface area contributed by atoms with Crippen molar-refractivity contribution in [2.75, 3.05) is 0 Å². The van der Waals surface area contributed by atoms with Crippen LogP contribution >= 0.6 is 0 Å². The molecule has 0 aromatic heterocycles. The lowest BCUT2D eigenvalue weighted by molar-refractivity contribution is -0.00438. The number of amides is 1. The Labute approximate surface area is 107 Å². The summed E-state index contributed by atoms with van der Waals surface area (Å²) < 4.78 is 5.86. The van der Waals surface area contributed by atoms with Crippen molar-refractivity contribution in [2.45, 2.75) is 44.4 Å². The second-order valence-corrected chi connectivity index (χ2v) is 4.68. The lowest BCUT2D eigenvalue weighted by atomic mass is 9.92. The van der Waals surface area contributed by atoms with Crippen LogP contribution in [0.2, 0.25) is 0 Å². The van der Waals surface area contributed by atoms with Gasteiger partial charge in [0, 0.05) is 0 Å². The molecule has 1 amide bonds. The summed E-state index contributed by atoms with van der Waals surface area (Å²) in [5.41, 5.74) is 1.12. The van der Waals surface area contributed by atoms with Crippen LogP contribution in [-0.2, 0) is 11.3 Å². The van der Waals surface area contributed by atoms with E-state index in [1.807, 2.05) is 30.3 Å². The van der Waals surface area contributed by atoms with Crippen LogP contribution in [0.1, 0.15) is 31.2 Å². The Morgan fingerprint density at radius 2 is 2.00 bits per heavy atom. The van der Waals surface area contributed by atoms with E-state index >= 15 is 0 Å². The standard InChI is InChI=1S/C14H19NO3/c16-14(17)15-12-8-4-5-9-13(12)18-10-11-6-2-1-3-7-11/h1-3,6-7,12-13,15H,4-5,8-10H2,(H,16,17)/t12-,13-/m1/s1. The van der Waals surface area contributed by atoms with Crippen molar-refractivity contribution >= 4 is 6.09 Å². The Kier molecular flexibility index (Phi) is 4.59. The van der Waals surface area contributed by atoms with E-state index in [9.17, 15) is 4.79 Å². The Morgan fingerprint density at radius 3 is 2.72 bits per heavy atom. The number of ether oxygens (including phenoxy) is 1. The number of rotatable bonds is 4. The molecule has 0 aliphatic heterocycles. The molecule has 0 saturated heterocycles. The zero-order valence-corrected chi connectivity index (χ0v) is 10.3. The van der Waals surface area contributed by atoms with Crippen LogP contribution in [0.25, 0.3) is 0 Å². The van der Waals surface area contributed by atoms with Gasteiger partial charge in [-0.3, -0.25) is 0 Å². The molecule has 4 heteroatoms. The number of hydrogen-bond acceptors (Lipinski definition) is 2. The molecule has 1 aromatic carbocycles. The summed E-state index contributed by atoms with van der Waals surface area (Å²) in [4.78, 5) is 10.7. The Bertz CT molecular complexity index is 380. The highest BCUT2D eigenvalue weighted by molar-refractivity contribution is 5.64. The van der Waals surface area contributed by atoms with Crippen molar-refractivity contribution in [1.29, 1.82) is 0 Å². The third-order valence-electron chi connectivity index (χ3n) is 3.32. The maximum Gasteiger partial charge on any atom is 0.404 e. The Morgan fingerprint density at radius 1 is 1.28 bits per heavy atom. The predicted molar refractivity (Wildman–Crippen MR) is 68.4 cm³/mol. The topological polar surface area (TPSA) is 58.6 Å². The first-order chi connectivity index (χ1) is 8.75. The van der Waals surface area contributed by atoms with Gasteiger partial charge in [-0.2, -0.15) is 0 Å². The minimum atomic E-state index is -0.963. The molecule has 0 heterocycles. The zero-order valence-electron chi connectivity index (χ0n) is 10.3. The fourth-order valence-corrected chi connectivity index (χ4v) is 2.40. The molecule has 2 rings (SSSR count). The van der Waals surface area contributed by atoms with Crippen molar-refractivity contribution in [3.05, 3.63) is 35.9 Å². The second-order valence-electron chi connectivity index (χ2n) is 4.68. The van der Waals surface area contributed by atoms with Crippen LogP contribution in [0.4, 0.5) is 4.79 Å². The van der Waals surface area contributed by atoms with Crippen LogP contribution in [0.5, 0.6) is 0 Å². The molecule has 1 saturated carbocycles. The van der Waals surface area contributed by atoms with Crippen LogP contribution < -0.4 is 5.32 Å². The molecular formula is C14H19NO3. The van der Waals surface area contributed by atoms with E-state index in [2.05, 4.69) is 5.32 Å². The molecule has 1 aliphatic rings. The van der Waals surface area contributed by atoms with Gasteiger partial charge in [-0.25, -0.2) is 4.79 Å². The quantitative estimate of drug-likeness (QED) is 0.862. The summed E-state index contributed by atoms with van der Waals surface area (Å²) in [5, 5.41) is 11.4. The summed E-state index contributed by atoms with van der Waals surface area (Å²) in [6.07, 6.45) is 3.00. The van der Waals surface area contributed by atoms with Gasteiger partial charge in [0.25, 0.3) is 0 Å². The maximum absolute atomic E-state index is 10.7. The smallest absolute Gasteiger partial charge is 0.404 e. The van der Waals surface area contributed by atoms with Gasteiger partial charge in [-0.1, -0.05) is 43.2 Å². The summed E-state index contributed by atoms with van der Waals surface area (Å²) in [6.45, 7) is 0.545. The monoisotopic (exact) mass is 249 g/mol. The molecule has 18 heavy (non-hydrogen) atoms. The molecule has 0 unspecified atom stereocenters. The molecule has 1 aromatic rings. The largest absolute Gasteiger partial charge is 0.465 e. The lowest BCUT2D eigenvalue weighted by Crippen LogP contribution is -2.45. The molecule has 2 atom stereocenters. The van der Waals surface area contributed by atoms with Crippen LogP contribution in [0.3, 0.4) is 0 Å². The van der Waals surface area contributed by atoms with E-state index in [0.29, 0.717) is 6.61 Å². The average molecular weight is 249 g/mol. The third-order valence-corrected chi connectivity index (χ3v) is 3.32. The minimum Gasteiger partial charge on any atom is -0.465 e. The maximum atomic E-state index is 10.7. The van der Waals surface area contributed by atoms with Crippen molar-refractivity contribution in [2.24, 2.45) is 0 Å². The van der Waals surface area contributed by atoms with E-state index in [4.69, 9.17) is 9.84 Å². The van der Waals surface area contributed by atoms with Gasteiger partial charge in [0.05, 0.1) is 18.8 Å². The molecule has 0 radical (unpaired) electrons. The van der Waals surface area contributed by atoms with E-state index in [0.717, 1.165) is 31.2 Å². The van der Waals surface area contributed by atoms with Gasteiger partial charge in [0.2, 0.25) is 0 Å². The first kappa shape index (κ1) is 12.9. The molecule has 1 aliphatic carbocycles. The lowest BCUT2D eigenvalue weighted by Gasteiger charge is -2.31. The summed E-state index contributed by atoms with van der Waals surface area (Å²) in [6, 6.07) is 9.89. The molecule has 0 spiro atoms. The molecular weight excluding hydrogens is 230 g/mol. The molecule has 2 N–H and O–H groups in total. The van der Waals surface area contributed by atoms with E-state index in [-0.39, 0.29) is 12.1 Å². The Hall–Kier alpha value is -1.55. The zero-order chi connectivity index (χ0) is 12.8. The van der Waals surface area contributed by atoms with Gasteiger partial charge in [0.15, 0.2) is 0 Å². The van der Waals surface area contributed by atoms with Gasteiger partial charge < -0.3 is 15.2 Å². The average Bonchev–Trinajstić information content (AvgIpc) is 2.38. The van der Waals surface area contributed by atoms with Crippen molar-refractivity contribution in [1.82, 2.24) is 5.32 Å². The van der Waals surface area contributed by atoms with Gasteiger partial charge in [-0.05, 0) is 18.4 Å². The second kappa shape index (κ2) is 6.40. The number of carboxylic acid groups (broad SMARTS) is 1. The predicted octanol–water partition coefficient (Wildman–Crippen LogP) is 2.78. The van der Waals surface area contributed by atoms with Crippen LogP contribution in [0.15, 0.2) is 30.3 Å². The van der Waals surface area contributed by atoms with E-state index < -0.39 is 6.09 Å². The van der Waals surface area contributed by atoms with Gasteiger partial charge in [0.1, 0.15) is 0 Å². The third kappa shape index (κ3) is 3.74. The van der Waals surface area contributed by atoms with Crippen molar-refractivity contribution < 1.29 is 14.6 Å². The van der Waals surface area contributed by atoms with E-state index in [1.54, 1.807) is 0 Å². The minimum absolute atomic E-state index is 0.00458. The van der Waals surface area contributed by atoms with Crippen LogP contribution in [-0.4, -0.2) is 23.3 Å². The van der Waals surface area contributed by atoms with Crippen LogP contribution in [0, 0.1) is 0 Å². The SMILES string of the molecule is O=C(O)N[C@@H]1CCCC[C@H]1OCc1ccccc1. The Balaban J connectivity index is 1.87. The highest BCUT2D eigenvalue weighted by Crippen LogP contribution is 2.22. The summed E-state index contributed by atoms with van der Waals surface area (Å²) >= 11 is 0. The van der Waals surface area contributed by atoms with Gasteiger partial charge >= 0.3 is 6.09 Å². The fraction of sp³-hybridized carbons (Fsp3) is 0.500. The molecule has 1 fully saturated rings. The highest BCUT2D eigenvalue weighted by atomic mass is 16.5. The number of hydrogen-bond donors (Lipinski definition) is 2. The first-order valence-corrected chi connectivity index (χ1v) is 6.40. The summed E-state index contributed by atoms with van der Waals surface area (Å²) in [5.74, 6) is 0. The number of nitrogens with one attached hydrogen (secondary N) is 1. The van der Waals surface area contributed by atoms with Gasteiger partial charge in [-0.15, -0.1) is 0 Å². The van der Waals surface area contributed by atoms with Crippen molar-refractivity contribution in [3.8, 4) is 0 Å². The fourth-order valence-electron chi connectivity index (χ4n) is 2.40. The highest BCUT2D eigenvalue weighted by Gasteiger charge is 2.26. The first-order valence-electron chi connectivity index (χ1n) is 6.40.